The van der Waals surface area contributed by atoms with Crippen LogP contribution in [0.4, 0.5) is 0 Å². The minimum atomic E-state index is -0.306. The third-order valence-electron chi connectivity index (χ3n) is 3.71. The molecule has 0 saturated heterocycles. The van der Waals surface area contributed by atoms with Gasteiger partial charge >= 0.3 is 0 Å². The average molecular weight is 316 g/mol. The molecule has 0 bridgehead atoms. The molecule has 1 aliphatic rings. The van der Waals surface area contributed by atoms with E-state index in [1.165, 1.54) is 18.4 Å². The Balaban J connectivity index is 1.54. The highest BCUT2D eigenvalue weighted by Gasteiger charge is 2.07. The molecule has 0 aliphatic heterocycles. The zero-order valence-electron chi connectivity index (χ0n) is 13.3. The first-order valence-electron chi connectivity index (χ1n) is 8.13. The number of hydrogen-bond acceptors (Lipinski definition) is 3. The van der Waals surface area contributed by atoms with Crippen molar-refractivity contribution in [3.8, 4) is 5.75 Å². The van der Waals surface area contributed by atoms with Crippen LogP contribution in [0.25, 0.3) is 0 Å². The summed E-state index contributed by atoms with van der Waals surface area (Å²) in [5, 5.41) is 5.37. The van der Waals surface area contributed by atoms with E-state index in [-0.39, 0.29) is 25.0 Å². The molecule has 124 valence electrons. The lowest BCUT2D eigenvalue weighted by atomic mass is 9.97. The van der Waals surface area contributed by atoms with Crippen molar-refractivity contribution >= 4 is 11.8 Å². The maximum Gasteiger partial charge on any atom is 0.258 e. The van der Waals surface area contributed by atoms with Gasteiger partial charge in [-0.15, -0.1) is 0 Å². The van der Waals surface area contributed by atoms with Crippen LogP contribution in [0.3, 0.4) is 0 Å². The Bertz CT molecular complexity index is 540. The summed E-state index contributed by atoms with van der Waals surface area (Å²) in [5.74, 6) is 0.154. The fourth-order valence-corrected chi connectivity index (χ4v) is 2.45. The van der Waals surface area contributed by atoms with E-state index in [9.17, 15) is 9.59 Å². The predicted molar refractivity (Wildman–Crippen MR) is 89.1 cm³/mol. The highest BCUT2D eigenvalue weighted by atomic mass is 16.5. The number of nitrogens with one attached hydrogen (secondary N) is 2. The van der Waals surface area contributed by atoms with Gasteiger partial charge in [0.15, 0.2) is 6.61 Å². The molecular weight excluding hydrogens is 292 g/mol. The van der Waals surface area contributed by atoms with Gasteiger partial charge in [-0.2, -0.15) is 0 Å². The minimum absolute atomic E-state index is 0.0178. The SMILES string of the molecule is O=C(CNC(=O)COc1ccccc1)NCCC1=CCCCC1. The second-order valence-electron chi connectivity index (χ2n) is 5.59. The summed E-state index contributed by atoms with van der Waals surface area (Å²) in [6.45, 7) is 0.515. The zero-order valence-corrected chi connectivity index (χ0v) is 13.3. The molecule has 1 aliphatic carbocycles. The Morgan fingerprint density at radius 3 is 2.61 bits per heavy atom. The van der Waals surface area contributed by atoms with Gasteiger partial charge in [-0.3, -0.25) is 9.59 Å². The first kappa shape index (κ1) is 17.1. The largest absolute Gasteiger partial charge is 0.484 e. The molecule has 5 nitrogen and oxygen atoms in total. The predicted octanol–water partition coefficient (Wildman–Crippen LogP) is 2.19. The molecule has 1 aromatic rings. The van der Waals surface area contributed by atoms with Crippen LogP contribution in [0, 0.1) is 0 Å². The van der Waals surface area contributed by atoms with E-state index in [0.717, 1.165) is 19.3 Å². The number of para-hydroxylation sites is 1. The number of allylic oxidation sites excluding steroid dienone is 1. The van der Waals surface area contributed by atoms with E-state index in [2.05, 4.69) is 16.7 Å². The van der Waals surface area contributed by atoms with Crippen LogP contribution in [0.15, 0.2) is 42.0 Å². The van der Waals surface area contributed by atoms with Crippen molar-refractivity contribution in [1.29, 1.82) is 0 Å². The van der Waals surface area contributed by atoms with E-state index in [1.807, 2.05) is 18.2 Å². The molecule has 0 radical (unpaired) electrons. The minimum Gasteiger partial charge on any atom is -0.484 e. The number of amides is 2. The third kappa shape index (κ3) is 7.00. The van der Waals surface area contributed by atoms with Gasteiger partial charge in [0.05, 0.1) is 6.54 Å². The number of hydrogen-bond donors (Lipinski definition) is 2. The summed E-state index contributed by atoms with van der Waals surface area (Å²) in [5.41, 5.74) is 1.43. The first-order chi connectivity index (χ1) is 11.2. The summed E-state index contributed by atoms with van der Waals surface area (Å²) < 4.78 is 5.31. The molecule has 0 heterocycles. The van der Waals surface area contributed by atoms with Crippen LogP contribution in [-0.4, -0.2) is 31.5 Å². The number of carbonyl (C=O) groups excluding carboxylic acids is 2. The standard InChI is InChI=1S/C18H24N2O3/c21-17(19-12-11-15-7-3-1-4-8-15)13-20-18(22)14-23-16-9-5-2-6-10-16/h2,5-7,9-10H,1,3-4,8,11-14H2,(H,19,21)(H,20,22). The van der Waals surface area contributed by atoms with Crippen LogP contribution in [0.2, 0.25) is 0 Å². The molecule has 0 unspecified atom stereocenters. The molecule has 0 aromatic heterocycles. The topological polar surface area (TPSA) is 67.4 Å². The quantitative estimate of drug-likeness (QED) is 0.722. The molecule has 0 saturated carbocycles. The molecular formula is C18H24N2O3. The van der Waals surface area contributed by atoms with Crippen LogP contribution in [0.1, 0.15) is 32.1 Å². The molecule has 2 amide bonds. The summed E-state index contributed by atoms with van der Waals surface area (Å²) in [6.07, 6.45) is 7.99. The van der Waals surface area contributed by atoms with Crippen molar-refractivity contribution in [2.75, 3.05) is 19.7 Å². The van der Waals surface area contributed by atoms with Gasteiger partial charge in [0, 0.05) is 6.54 Å². The average Bonchev–Trinajstić information content (AvgIpc) is 2.60. The summed E-state index contributed by atoms with van der Waals surface area (Å²) in [4.78, 5) is 23.3. The molecule has 5 heteroatoms. The molecule has 23 heavy (non-hydrogen) atoms. The van der Waals surface area contributed by atoms with Gasteiger partial charge in [-0.1, -0.05) is 29.8 Å². The monoisotopic (exact) mass is 316 g/mol. The fourth-order valence-electron chi connectivity index (χ4n) is 2.45. The van der Waals surface area contributed by atoms with E-state index in [1.54, 1.807) is 12.1 Å². The van der Waals surface area contributed by atoms with E-state index in [0.29, 0.717) is 12.3 Å². The lowest BCUT2D eigenvalue weighted by molar-refractivity contribution is -0.127. The summed E-state index contributed by atoms with van der Waals surface area (Å²) in [6, 6.07) is 9.10. The lowest BCUT2D eigenvalue weighted by Crippen LogP contribution is -2.39. The third-order valence-corrected chi connectivity index (χ3v) is 3.71. The van der Waals surface area contributed by atoms with Crippen LogP contribution in [0.5, 0.6) is 5.75 Å². The van der Waals surface area contributed by atoms with E-state index >= 15 is 0 Å². The zero-order chi connectivity index (χ0) is 16.3. The van der Waals surface area contributed by atoms with Gasteiger partial charge in [-0.05, 0) is 44.2 Å². The second kappa shape index (κ2) is 9.66. The Morgan fingerprint density at radius 2 is 1.87 bits per heavy atom. The van der Waals surface area contributed by atoms with Crippen molar-refractivity contribution < 1.29 is 14.3 Å². The van der Waals surface area contributed by atoms with Crippen LogP contribution >= 0.6 is 0 Å². The maximum absolute atomic E-state index is 11.7. The normalized spacial score (nSPS) is 13.8. The van der Waals surface area contributed by atoms with Crippen LogP contribution < -0.4 is 15.4 Å². The Morgan fingerprint density at radius 1 is 1.04 bits per heavy atom. The number of carbonyl (C=O) groups is 2. The lowest BCUT2D eigenvalue weighted by Gasteiger charge is -2.13. The molecule has 0 spiro atoms. The highest BCUT2D eigenvalue weighted by Crippen LogP contribution is 2.19. The maximum atomic E-state index is 11.7. The van der Waals surface area contributed by atoms with Crippen molar-refractivity contribution in [2.45, 2.75) is 32.1 Å². The van der Waals surface area contributed by atoms with Crippen molar-refractivity contribution in [1.82, 2.24) is 10.6 Å². The van der Waals surface area contributed by atoms with Crippen molar-refractivity contribution in [3.05, 3.63) is 42.0 Å². The number of benzene rings is 1. The van der Waals surface area contributed by atoms with Gasteiger partial charge in [-0.25, -0.2) is 0 Å². The summed E-state index contributed by atoms with van der Waals surface area (Å²) in [7, 11) is 0. The van der Waals surface area contributed by atoms with Crippen molar-refractivity contribution in [2.24, 2.45) is 0 Å². The number of rotatable bonds is 8. The van der Waals surface area contributed by atoms with Crippen LogP contribution in [-0.2, 0) is 9.59 Å². The molecule has 0 atom stereocenters. The molecule has 0 fully saturated rings. The Kier molecular flexibility index (Phi) is 7.17. The van der Waals surface area contributed by atoms with Gasteiger partial charge in [0.25, 0.3) is 5.91 Å². The van der Waals surface area contributed by atoms with E-state index in [4.69, 9.17) is 4.74 Å². The summed E-state index contributed by atoms with van der Waals surface area (Å²) >= 11 is 0. The smallest absolute Gasteiger partial charge is 0.258 e. The van der Waals surface area contributed by atoms with Gasteiger partial charge < -0.3 is 15.4 Å². The Labute approximate surface area is 137 Å². The van der Waals surface area contributed by atoms with E-state index < -0.39 is 0 Å². The second-order valence-corrected chi connectivity index (χ2v) is 5.59. The molecule has 2 N–H and O–H groups in total. The van der Waals surface area contributed by atoms with Crippen molar-refractivity contribution in [3.63, 3.8) is 0 Å². The Hall–Kier alpha value is -2.30. The van der Waals surface area contributed by atoms with Gasteiger partial charge in [0.1, 0.15) is 5.75 Å². The number of ether oxygens (including phenoxy) is 1. The molecule has 2 rings (SSSR count). The molecule has 1 aromatic carbocycles. The fraction of sp³-hybridized carbons (Fsp3) is 0.444. The van der Waals surface area contributed by atoms with Gasteiger partial charge in [0.2, 0.25) is 5.91 Å². The highest BCUT2D eigenvalue weighted by molar-refractivity contribution is 5.85. The first-order valence-corrected chi connectivity index (χ1v) is 8.13.